The average Bonchev–Trinajstić information content (AvgIpc) is 3.18. The summed E-state index contributed by atoms with van der Waals surface area (Å²) in [6.45, 7) is 1.01. The van der Waals surface area contributed by atoms with E-state index in [0.717, 1.165) is 36.1 Å². The summed E-state index contributed by atoms with van der Waals surface area (Å²) in [5.74, 6) is 0.325. The number of carboxylic acids is 1. The first-order valence-corrected chi connectivity index (χ1v) is 8.42. The zero-order valence-corrected chi connectivity index (χ0v) is 12.8. The van der Waals surface area contributed by atoms with Gasteiger partial charge in [0.1, 0.15) is 4.88 Å². The Balaban J connectivity index is 1.72. The van der Waals surface area contributed by atoms with Crippen LogP contribution in [-0.4, -0.2) is 29.7 Å². The molecule has 1 heterocycles. The fourth-order valence-electron chi connectivity index (χ4n) is 3.11. The Labute approximate surface area is 123 Å². The third-order valence-electron chi connectivity index (χ3n) is 4.38. The molecule has 2 saturated carbocycles. The predicted molar refractivity (Wildman–Crippen MR) is 80.9 cm³/mol. The van der Waals surface area contributed by atoms with Crippen LogP contribution in [0.4, 0.5) is 5.13 Å². The number of anilines is 1. The molecule has 3 rings (SSSR count). The topological polar surface area (TPSA) is 53.4 Å². The van der Waals surface area contributed by atoms with Crippen LogP contribution < -0.4 is 4.90 Å². The van der Waals surface area contributed by atoms with Crippen molar-refractivity contribution in [2.24, 2.45) is 5.92 Å². The lowest BCUT2D eigenvalue weighted by Gasteiger charge is -2.26. The Morgan fingerprint density at radius 2 is 2.00 bits per heavy atom. The van der Waals surface area contributed by atoms with Gasteiger partial charge in [-0.2, -0.15) is 0 Å². The minimum atomic E-state index is -0.818. The predicted octanol–water partition coefficient (Wildman–Crippen LogP) is 3.74. The molecule has 1 aromatic heterocycles. The lowest BCUT2D eigenvalue weighted by Crippen LogP contribution is -2.26. The Morgan fingerprint density at radius 1 is 1.30 bits per heavy atom. The van der Waals surface area contributed by atoms with Gasteiger partial charge in [-0.25, -0.2) is 9.78 Å². The normalized spacial score (nSPS) is 20.1. The first-order valence-electron chi connectivity index (χ1n) is 7.60. The summed E-state index contributed by atoms with van der Waals surface area (Å²) < 4.78 is 0. The van der Waals surface area contributed by atoms with E-state index in [1.54, 1.807) is 0 Å². The Hall–Kier alpha value is -1.10. The summed E-state index contributed by atoms with van der Waals surface area (Å²) in [4.78, 5) is 18.6. The fourth-order valence-corrected chi connectivity index (χ4v) is 4.07. The molecule has 0 atom stereocenters. The summed E-state index contributed by atoms with van der Waals surface area (Å²) in [6, 6.07) is 0. The van der Waals surface area contributed by atoms with Crippen LogP contribution in [-0.2, 0) is 0 Å². The maximum absolute atomic E-state index is 11.3. The molecule has 1 N–H and O–H groups in total. The molecule has 0 bridgehead atoms. The Kier molecular flexibility index (Phi) is 3.96. The monoisotopic (exact) mass is 294 g/mol. The molecule has 5 heteroatoms. The van der Waals surface area contributed by atoms with Crippen LogP contribution in [0.15, 0.2) is 0 Å². The van der Waals surface area contributed by atoms with E-state index in [2.05, 4.69) is 16.9 Å². The SMILES string of the molecule is CN(CC1CCCCC1)c1nc(C2CC2)c(C(=O)O)s1. The first kappa shape index (κ1) is 13.9. The molecule has 2 aliphatic carbocycles. The minimum absolute atomic E-state index is 0.397. The van der Waals surface area contributed by atoms with Crippen LogP contribution >= 0.6 is 11.3 Å². The van der Waals surface area contributed by atoms with Crippen LogP contribution in [0.5, 0.6) is 0 Å². The molecule has 20 heavy (non-hydrogen) atoms. The zero-order valence-electron chi connectivity index (χ0n) is 12.0. The molecular weight excluding hydrogens is 272 g/mol. The molecule has 0 radical (unpaired) electrons. The molecule has 0 saturated heterocycles. The lowest BCUT2D eigenvalue weighted by atomic mass is 9.89. The van der Waals surface area contributed by atoms with Gasteiger partial charge in [-0.15, -0.1) is 0 Å². The number of hydrogen-bond donors (Lipinski definition) is 1. The summed E-state index contributed by atoms with van der Waals surface area (Å²) in [5, 5.41) is 10.2. The highest BCUT2D eigenvalue weighted by Gasteiger charge is 2.32. The van der Waals surface area contributed by atoms with Gasteiger partial charge in [0, 0.05) is 19.5 Å². The van der Waals surface area contributed by atoms with Crippen molar-refractivity contribution in [1.82, 2.24) is 4.98 Å². The zero-order chi connectivity index (χ0) is 14.1. The molecule has 0 aliphatic heterocycles. The van der Waals surface area contributed by atoms with E-state index < -0.39 is 5.97 Å². The Morgan fingerprint density at radius 3 is 2.60 bits per heavy atom. The third-order valence-corrected chi connectivity index (χ3v) is 5.56. The number of aromatic carboxylic acids is 1. The maximum atomic E-state index is 11.3. The van der Waals surface area contributed by atoms with Crippen molar-refractivity contribution < 1.29 is 9.90 Å². The number of rotatable bonds is 5. The van der Waals surface area contributed by atoms with Crippen LogP contribution in [0, 0.1) is 5.92 Å². The lowest BCUT2D eigenvalue weighted by molar-refractivity contribution is 0.0700. The van der Waals surface area contributed by atoms with E-state index in [0.29, 0.717) is 10.8 Å². The standard InChI is InChI=1S/C15H22N2O2S/c1-17(9-10-5-3-2-4-6-10)15-16-12(11-7-8-11)13(20-15)14(18)19/h10-11H,2-9H2,1H3,(H,18,19). The molecular formula is C15H22N2O2S. The second-order valence-corrected chi connectivity index (χ2v) is 7.15. The molecule has 110 valence electrons. The van der Waals surface area contributed by atoms with Gasteiger partial charge >= 0.3 is 5.97 Å². The van der Waals surface area contributed by atoms with E-state index in [-0.39, 0.29) is 0 Å². The van der Waals surface area contributed by atoms with Crippen molar-refractivity contribution in [2.75, 3.05) is 18.5 Å². The van der Waals surface area contributed by atoms with Gasteiger partial charge in [-0.05, 0) is 31.6 Å². The highest BCUT2D eigenvalue weighted by Crippen LogP contribution is 2.44. The Bertz CT molecular complexity index is 490. The molecule has 4 nitrogen and oxygen atoms in total. The summed E-state index contributed by atoms with van der Waals surface area (Å²) in [6.07, 6.45) is 8.83. The molecule has 2 aliphatic rings. The molecule has 1 aromatic rings. The van der Waals surface area contributed by atoms with E-state index in [4.69, 9.17) is 0 Å². The number of carboxylic acid groups (broad SMARTS) is 1. The third kappa shape index (κ3) is 2.97. The summed E-state index contributed by atoms with van der Waals surface area (Å²) in [7, 11) is 2.05. The fraction of sp³-hybridized carbons (Fsp3) is 0.733. The van der Waals surface area contributed by atoms with E-state index in [1.165, 1.54) is 43.4 Å². The molecule has 0 aromatic carbocycles. The van der Waals surface area contributed by atoms with Gasteiger partial charge in [-0.3, -0.25) is 0 Å². The smallest absolute Gasteiger partial charge is 0.347 e. The van der Waals surface area contributed by atoms with E-state index in [1.807, 2.05) is 0 Å². The van der Waals surface area contributed by atoms with Crippen LogP contribution in [0.2, 0.25) is 0 Å². The maximum Gasteiger partial charge on any atom is 0.347 e. The van der Waals surface area contributed by atoms with Crippen molar-refractivity contribution in [3.8, 4) is 0 Å². The van der Waals surface area contributed by atoms with Crippen LogP contribution in [0.25, 0.3) is 0 Å². The molecule has 0 spiro atoms. The number of carbonyl (C=O) groups is 1. The highest BCUT2D eigenvalue weighted by atomic mass is 32.1. The number of thiazole rings is 1. The van der Waals surface area contributed by atoms with Crippen LogP contribution in [0.1, 0.15) is 66.2 Å². The first-order chi connectivity index (χ1) is 9.65. The van der Waals surface area contributed by atoms with Crippen molar-refractivity contribution in [2.45, 2.75) is 50.9 Å². The van der Waals surface area contributed by atoms with Crippen molar-refractivity contribution in [1.29, 1.82) is 0 Å². The van der Waals surface area contributed by atoms with Gasteiger partial charge in [0.2, 0.25) is 0 Å². The molecule has 0 amide bonds. The molecule has 2 fully saturated rings. The van der Waals surface area contributed by atoms with Gasteiger partial charge in [0.05, 0.1) is 5.69 Å². The van der Waals surface area contributed by atoms with E-state index >= 15 is 0 Å². The van der Waals surface area contributed by atoms with Gasteiger partial charge in [0.15, 0.2) is 5.13 Å². The summed E-state index contributed by atoms with van der Waals surface area (Å²) >= 11 is 1.35. The van der Waals surface area contributed by atoms with Crippen molar-refractivity contribution in [3.05, 3.63) is 10.6 Å². The van der Waals surface area contributed by atoms with Gasteiger partial charge < -0.3 is 10.0 Å². The van der Waals surface area contributed by atoms with E-state index in [9.17, 15) is 9.90 Å². The second-order valence-electron chi connectivity index (χ2n) is 6.17. The molecule has 0 unspecified atom stereocenters. The average molecular weight is 294 g/mol. The van der Waals surface area contributed by atoms with Gasteiger partial charge in [-0.1, -0.05) is 30.6 Å². The number of hydrogen-bond acceptors (Lipinski definition) is 4. The second kappa shape index (κ2) is 5.72. The van der Waals surface area contributed by atoms with Crippen molar-refractivity contribution in [3.63, 3.8) is 0 Å². The quantitative estimate of drug-likeness (QED) is 0.899. The largest absolute Gasteiger partial charge is 0.477 e. The minimum Gasteiger partial charge on any atom is -0.477 e. The van der Waals surface area contributed by atoms with Gasteiger partial charge in [0.25, 0.3) is 0 Å². The van der Waals surface area contributed by atoms with Crippen molar-refractivity contribution >= 4 is 22.4 Å². The highest BCUT2D eigenvalue weighted by molar-refractivity contribution is 7.17. The van der Waals surface area contributed by atoms with Crippen LogP contribution in [0.3, 0.4) is 0 Å². The number of nitrogens with zero attached hydrogens (tertiary/aromatic N) is 2. The number of aromatic nitrogens is 1. The summed E-state index contributed by atoms with van der Waals surface area (Å²) in [5.41, 5.74) is 0.827.